The Kier molecular flexibility index (Phi) is 9.70. The minimum Gasteiger partial charge on any atom is -0.504 e. The van der Waals surface area contributed by atoms with Gasteiger partial charge in [-0.3, -0.25) is 9.69 Å². The largest absolute Gasteiger partial charge is 0.504 e. The van der Waals surface area contributed by atoms with Gasteiger partial charge in [-0.1, -0.05) is 51.1 Å². The number of aryl methyl sites for hydroxylation is 2. The van der Waals surface area contributed by atoms with Gasteiger partial charge in [0.05, 0.1) is 16.7 Å². The number of nitrogens with one attached hydrogen (secondary N) is 1. The first-order valence-corrected chi connectivity index (χ1v) is 15.4. The van der Waals surface area contributed by atoms with Crippen molar-refractivity contribution < 1.29 is 19.7 Å². The quantitative estimate of drug-likeness (QED) is 0.238. The van der Waals surface area contributed by atoms with Crippen LogP contribution in [-0.2, 0) is 16.6 Å². The normalized spacial score (nSPS) is 25.0. The molecule has 1 aliphatic heterocycles. The van der Waals surface area contributed by atoms with Crippen LogP contribution < -0.4 is 15.8 Å². The van der Waals surface area contributed by atoms with Crippen LogP contribution in [0.4, 0.5) is 0 Å². The molecule has 5 rings (SSSR count). The lowest BCUT2D eigenvalue weighted by Crippen LogP contribution is -2.63. The molecule has 0 aromatic heterocycles. The van der Waals surface area contributed by atoms with E-state index < -0.39 is 11.0 Å². The first kappa shape index (κ1) is 30.9. The lowest BCUT2D eigenvalue weighted by molar-refractivity contribution is -0.118. The molecule has 5 N–H and O–H groups in total. The van der Waals surface area contributed by atoms with Crippen molar-refractivity contribution in [3.8, 4) is 11.5 Å². The van der Waals surface area contributed by atoms with E-state index in [4.69, 9.17) is 10.5 Å². The molecular formula is C34H49N3O4. The number of hydrogen-bond acceptors (Lipinski definition) is 6. The number of amides is 1. The van der Waals surface area contributed by atoms with Crippen LogP contribution in [0, 0.1) is 12.8 Å². The maximum absolute atomic E-state index is 12.8. The number of nitrogens with zero attached hydrogens (tertiary/aromatic N) is 1. The van der Waals surface area contributed by atoms with E-state index in [9.17, 15) is 15.0 Å². The summed E-state index contributed by atoms with van der Waals surface area (Å²) in [6, 6.07) is 11.5. The van der Waals surface area contributed by atoms with Gasteiger partial charge >= 0.3 is 0 Å². The van der Waals surface area contributed by atoms with Crippen molar-refractivity contribution in [2.24, 2.45) is 11.7 Å². The smallest absolute Gasteiger partial charge is 0.267 e. The number of likely N-dealkylation sites (N-methyl/N-ethyl adjacent to an activating group) is 1. The zero-order valence-electron chi connectivity index (χ0n) is 25.5. The SMILES string of the molecule is CC.CCN(CC1CC1)C1CCc2ccc(O)c3c2C(C)(CO3)C1(O)CCCNC(=O)/C(N)=C/c1ccccc1C. The second kappa shape index (κ2) is 12.9. The standard InChI is InChI=1S/C32H43N3O4.C2H6/c1-4-35(19-22-10-11-22)27-15-13-23-12-14-26(36)29-28(23)31(3,20-39-29)32(27,38)16-7-17-34-30(37)25(33)18-24-9-6-5-8-21(24)2;1-2/h5-6,8-9,12,14,18,22,27,36,38H,4,7,10-11,13,15-17,19-20,33H2,1-3H3,(H,34,37);1-2H3/b25-18-;. The fraction of sp³-hybridized carbons (Fsp3) is 0.559. The van der Waals surface area contributed by atoms with Crippen molar-refractivity contribution in [1.29, 1.82) is 0 Å². The van der Waals surface area contributed by atoms with Crippen LogP contribution in [-0.4, -0.2) is 58.9 Å². The number of ether oxygens (including phenoxy) is 1. The van der Waals surface area contributed by atoms with Gasteiger partial charge in [0, 0.05) is 24.7 Å². The minimum atomic E-state index is -1.10. The van der Waals surface area contributed by atoms with E-state index in [2.05, 4.69) is 24.1 Å². The Morgan fingerprint density at radius 1 is 1.20 bits per heavy atom. The van der Waals surface area contributed by atoms with Crippen molar-refractivity contribution in [2.75, 3.05) is 26.2 Å². The Hall–Kier alpha value is -3.03. The van der Waals surface area contributed by atoms with Crippen LogP contribution in [0.15, 0.2) is 42.1 Å². The van der Waals surface area contributed by atoms with Gasteiger partial charge in [0.25, 0.3) is 5.91 Å². The van der Waals surface area contributed by atoms with Gasteiger partial charge < -0.3 is 26.0 Å². The molecule has 2 aromatic carbocycles. The molecule has 1 heterocycles. The van der Waals surface area contributed by atoms with Crippen LogP contribution in [0.2, 0.25) is 0 Å². The molecule has 0 radical (unpaired) electrons. The fourth-order valence-electron chi connectivity index (χ4n) is 6.78. The molecule has 1 saturated carbocycles. The third kappa shape index (κ3) is 6.12. The molecule has 0 saturated heterocycles. The van der Waals surface area contributed by atoms with E-state index in [0.717, 1.165) is 48.2 Å². The maximum Gasteiger partial charge on any atom is 0.267 e. The van der Waals surface area contributed by atoms with Crippen LogP contribution in [0.3, 0.4) is 0 Å². The number of aromatic hydroxyl groups is 1. The average Bonchev–Trinajstić information content (AvgIpc) is 3.73. The molecule has 2 aromatic rings. The summed E-state index contributed by atoms with van der Waals surface area (Å²) in [4.78, 5) is 15.2. The summed E-state index contributed by atoms with van der Waals surface area (Å²) in [6.45, 7) is 12.8. The zero-order chi connectivity index (χ0) is 29.8. The Labute approximate surface area is 245 Å². The van der Waals surface area contributed by atoms with Gasteiger partial charge in [-0.2, -0.15) is 0 Å². The number of nitrogens with two attached hydrogens (primary N) is 1. The van der Waals surface area contributed by atoms with Crippen molar-refractivity contribution in [2.45, 2.75) is 90.2 Å². The second-order valence-corrected chi connectivity index (χ2v) is 11.9. The van der Waals surface area contributed by atoms with Crippen molar-refractivity contribution in [1.82, 2.24) is 10.2 Å². The molecule has 0 bridgehead atoms. The summed E-state index contributed by atoms with van der Waals surface area (Å²) in [5, 5.41) is 26.3. The number of carbonyl (C=O) groups is 1. The number of carbonyl (C=O) groups excluding carboxylic acids is 1. The summed E-state index contributed by atoms with van der Waals surface area (Å²) in [5.41, 5.74) is 8.57. The van der Waals surface area contributed by atoms with Gasteiger partial charge in [-0.15, -0.1) is 0 Å². The lowest BCUT2D eigenvalue weighted by Gasteiger charge is -2.50. The highest BCUT2D eigenvalue weighted by atomic mass is 16.5. The lowest BCUT2D eigenvalue weighted by atomic mass is 9.64. The zero-order valence-corrected chi connectivity index (χ0v) is 25.5. The van der Waals surface area contributed by atoms with E-state index in [1.54, 1.807) is 12.1 Å². The average molecular weight is 564 g/mol. The maximum atomic E-state index is 12.8. The monoisotopic (exact) mass is 563 g/mol. The van der Waals surface area contributed by atoms with Gasteiger partial charge in [0.2, 0.25) is 0 Å². The van der Waals surface area contributed by atoms with Crippen molar-refractivity contribution in [3.05, 3.63) is 64.3 Å². The van der Waals surface area contributed by atoms with E-state index in [-0.39, 0.29) is 23.4 Å². The predicted octanol–water partition coefficient (Wildman–Crippen LogP) is 5.05. The Balaban J connectivity index is 0.00000189. The molecule has 1 amide bonds. The number of phenolic OH excluding ortho intramolecular Hbond substituents is 1. The molecule has 3 unspecified atom stereocenters. The summed E-state index contributed by atoms with van der Waals surface area (Å²) in [5.74, 6) is 1.04. The highest BCUT2D eigenvalue weighted by Gasteiger charge is 2.60. The van der Waals surface area contributed by atoms with Gasteiger partial charge in [-0.25, -0.2) is 0 Å². The molecule has 41 heavy (non-hydrogen) atoms. The second-order valence-electron chi connectivity index (χ2n) is 11.9. The summed E-state index contributed by atoms with van der Waals surface area (Å²) in [6.07, 6.45) is 6.96. The number of aliphatic hydroxyl groups is 1. The van der Waals surface area contributed by atoms with Crippen LogP contribution in [0.5, 0.6) is 11.5 Å². The fourth-order valence-corrected chi connectivity index (χ4v) is 6.78. The summed E-state index contributed by atoms with van der Waals surface area (Å²) >= 11 is 0. The van der Waals surface area contributed by atoms with E-state index in [1.165, 1.54) is 12.8 Å². The Bertz CT molecular complexity index is 1260. The Morgan fingerprint density at radius 3 is 2.61 bits per heavy atom. The van der Waals surface area contributed by atoms with E-state index >= 15 is 0 Å². The topological polar surface area (TPSA) is 108 Å². The molecule has 224 valence electrons. The molecule has 7 heteroatoms. The number of phenols is 1. The molecule has 3 atom stereocenters. The molecule has 3 aliphatic rings. The van der Waals surface area contributed by atoms with Crippen molar-refractivity contribution >= 4 is 12.0 Å². The van der Waals surface area contributed by atoms with Crippen LogP contribution >= 0.6 is 0 Å². The Morgan fingerprint density at radius 2 is 1.93 bits per heavy atom. The number of hydrogen-bond donors (Lipinski definition) is 4. The van der Waals surface area contributed by atoms with Gasteiger partial charge in [0.1, 0.15) is 6.61 Å². The third-order valence-corrected chi connectivity index (χ3v) is 9.29. The number of benzene rings is 2. The number of rotatable bonds is 10. The molecule has 0 spiro atoms. The van der Waals surface area contributed by atoms with Crippen LogP contribution in [0.25, 0.3) is 6.08 Å². The van der Waals surface area contributed by atoms with E-state index in [0.29, 0.717) is 37.7 Å². The van der Waals surface area contributed by atoms with Gasteiger partial charge in [-0.05, 0) is 93.7 Å². The summed E-state index contributed by atoms with van der Waals surface area (Å²) < 4.78 is 6.08. The highest BCUT2D eigenvalue weighted by Crippen LogP contribution is 2.56. The minimum absolute atomic E-state index is 0.0566. The first-order chi connectivity index (χ1) is 19.7. The first-order valence-electron chi connectivity index (χ1n) is 15.4. The third-order valence-electron chi connectivity index (χ3n) is 9.29. The van der Waals surface area contributed by atoms with E-state index in [1.807, 2.05) is 51.1 Å². The molecular weight excluding hydrogens is 514 g/mol. The molecule has 7 nitrogen and oxygen atoms in total. The molecule has 1 fully saturated rings. The molecule has 2 aliphatic carbocycles. The highest BCUT2D eigenvalue weighted by molar-refractivity contribution is 5.96. The predicted molar refractivity (Wildman–Crippen MR) is 165 cm³/mol. The van der Waals surface area contributed by atoms with Crippen LogP contribution in [0.1, 0.15) is 82.1 Å². The van der Waals surface area contributed by atoms with Gasteiger partial charge in [0.15, 0.2) is 11.5 Å². The van der Waals surface area contributed by atoms with Crippen molar-refractivity contribution in [3.63, 3.8) is 0 Å². The summed E-state index contributed by atoms with van der Waals surface area (Å²) in [7, 11) is 0.